The molecule has 1 aliphatic heterocycles. The monoisotopic (exact) mass is 296 g/mol. The molecule has 0 N–H and O–H groups in total. The minimum absolute atomic E-state index is 0.331. The maximum absolute atomic E-state index is 12.9. The third-order valence-corrected chi connectivity index (χ3v) is 3.29. The van der Waals surface area contributed by atoms with Crippen molar-refractivity contribution >= 4 is 17.8 Å². The molecular weight excluding hydrogens is 283 g/mol. The first-order valence-corrected chi connectivity index (χ1v) is 6.71. The van der Waals surface area contributed by atoms with Gasteiger partial charge in [-0.2, -0.15) is 0 Å². The molecular formula is C18H13FO3. The number of hydrogen-bond donors (Lipinski definition) is 0. The van der Waals surface area contributed by atoms with Crippen molar-refractivity contribution in [2.75, 3.05) is 7.11 Å². The Morgan fingerprint density at radius 3 is 2.36 bits per heavy atom. The molecule has 3 rings (SSSR count). The number of carbonyl (C=O) groups is 1. The Morgan fingerprint density at radius 1 is 1.05 bits per heavy atom. The molecule has 2 aromatic carbocycles. The van der Waals surface area contributed by atoms with Gasteiger partial charge < -0.3 is 9.47 Å². The predicted octanol–water partition coefficient (Wildman–Crippen LogP) is 3.82. The third kappa shape index (κ3) is 2.91. The van der Waals surface area contributed by atoms with E-state index in [9.17, 15) is 9.18 Å². The van der Waals surface area contributed by atoms with Crippen LogP contribution < -0.4 is 4.74 Å². The summed E-state index contributed by atoms with van der Waals surface area (Å²) in [6.07, 6.45) is 3.39. The van der Waals surface area contributed by atoms with Crippen LogP contribution in [0.1, 0.15) is 11.1 Å². The Morgan fingerprint density at radius 2 is 1.73 bits per heavy atom. The van der Waals surface area contributed by atoms with Crippen LogP contribution in [0, 0.1) is 5.82 Å². The minimum atomic E-state index is -0.421. The fourth-order valence-electron chi connectivity index (χ4n) is 2.13. The van der Waals surface area contributed by atoms with E-state index in [4.69, 9.17) is 9.47 Å². The highest BCUT2D eigenvalue weighted by atomic mass is 19.1. The highest BCUT2D eigenvalue weighted by molar-refractivity contribution is 6.05. The maximum atomic E-state index is 12.9. The quantitative estimate of drug-likeness (QED) is 0.638. The number of ether oxygens (including phenoxy) is 2. The van der Waals surface area contributed by atoms with Crippen LogP contribution in [0.4, 0.5) is 4.39 Å². The first-order valence-electron chi connectivity index (χ1n) is 6.71. The van der Waals surface area contributed by atoms with Crippen molar-refractivity contribution in [1.82, 2.24) is 0 Å². The molecule has 0 spiro atoms. The molecule has 0 fully saturated rings. The molecule has 22 heavy (non-hydrogen) atoms. The van der Waals surface area contributed by atoms with E-state index in [1.807, 2.05) is 24.3 Å². The van der Waals surface area contributed by atoms with E-state index in [0.29, 0.717) is 16.9 Å². The van der Waals surface area contributed by atoms with E-state index in [-0.39, 0.29) is 5.82 Å². The van der Waals surface area contributed by atoms with Crippen molar-refractivity contribution in [1.29, 1.82) is 0 Å². The Bertz CT molecular complexity index is 756. The molecule has 1 aliphatic rings. The van der Waals surface area contributed by atoms with Gasteiger partial charge in [-0.25, -0.2) is 9.18 Å². The van der Waals surface area contributed by atoms with E-state index in [1.165, 1.54) is 12.1 Å². The summed E-state index contributed by atoms with van der Waals surface area (Å²) in [6, 6.07) is 13.1. The molecule has 4 heteroatoms. The summed E-state index contributed by atoms with van der Waals surface area (Å²) in [5.74, 6) is 0.418. The number of rotatable bonds is 3. The third-order valence-electron chi connectivity index (χ3n) is 3.29. The summed E-state index contributed by atoms with van der Waals surface area (Å²) < 4.78 is 23.2. The largest absolute Gasteiger partial charge is 0.497 e. The van der Waals surface area contributed by atoms with Gasteiger partial charge in [0.1, 0.15) is 17.3 Å². The first kappa shape index (κ1) is 14.1. The van der Waals surface area contributed by atoms with Crippen LogP contribution in [-0.4, -0.2) is 13.1 Å². The standard InChI is InChI=1S/C18H13FO3/c1-21-16-8-2-12(3-9-16)10-14-11-17(22-18(14)20)13-4-6-15(19)7-5-13/h2-11H,1H3. The number of hydrogen-bond acceptors (Lipinski definition) is 3. The lowest BCUT2D eigenvalue weighted by Crippen LogP contribution is -1.97. The molecule has 110 valence electrons. The van der Waals surface area contributed by atoms with Gasteiger partial charge >= 0.3 is 5.97 Å². The van der Waals surface area contributed by atoms with Crippen molar-refractivity contribution in [3.05, 3.63) is 77.1 Å². The van der Waals surface area contributed by atoms with E-state index in [2.05, 4.69) is 0 Å². The van der Waals surface area contributed by atoms with Crippen molar-refractivity contribution in [3.63, 3.8) is 0 Å². The van der Waals surface area contributed by atoms with E-state index in [0.717, 1.165) is 11.3 Å². The van der Waals surface area contributed by atoms with Crippen molar-refractivity contribution < 1.29 is 18.7 Å². The van der Waals surface area contributed by atoms with Gasteiger partial charge in [0.15, 0.2) is 0 Å². The zero-order valence-corrected chi connectivity index (χ0v) is 11.9. The average molecular weight is 296 g/mol. The lowest BCUT2D eigenvalue weighted by atomic mass is 10.1. The van der Waals surface area contributed by atoms with Crippen LogP contribution in [0.3, 0.4) is 0 Å². The van der Waals surface area contributed by atoms with Gasteiger partial charge in [-0.1, -0.05) is 12.1 Å². The summed E-state index contributed by atoms with van der Waals surface area (Å²) in [4.78, 5) is 11.9. The fourth-order valence-corrected chi connectivity index (χ4v) is 2.13. The highest BCUT2D eigenvalue weighted by Crippen LogP contribution is 2.27. The molecule has 1 heterocycles. The number of halogens is 1. The average Bonchev–Trinajstić information content (AvgIpc) is 2.90. The van der Waals surface area contributed by atoms with Gasteiger partial charge in [0.05, 0.1) is 12.7 Å². The summed E-state index contributed by atoms with van der Waals surface area (Å²) >= 11 is 0. The number of esters is 1. The smallest absolute Gasteiger partial charge is 0.343 e. The van der Waals surface area contributed by atoms with E-state index in [1.54, 1.807) is 31.4 Å². The second-order valence-corrected chi connectivity index (χ2v) is 4.78. The van der Waals surface area contributed by atoms with Gasteiger partial charge in [0.25, 0.3) is 0 Å². The lowest BCUT2D eigenvalue weighted by molar-refractivity contribution is -0.130. The van der Waals surface area contributed by atoms with Crippen molar-refractivity contribution in [3.8, 4) is 5.75 Å². The number of cyclic esters (lactones) is 1. The lowest BCUT2D eigenvalue weighted by Gasteiger charge is -2.01. The number of methoxy groups -OCH3 is 1. The highest BCUT2D eigenvalue weighted by Gasteiger charge is 2.21. The van der Waals surface area contributed by atoms with Crippen LogP contribution in [0.15, 0.2) is 60.2 Å². The van der Waals surface area contributed by atoms with Crippen LogP contribution >= 0.6 is 0 Å². The molecule has 0 radical (unpaired) electrons. The zero-order valence-electron chi connectivity index (χ0n) is 11.9. The molecule has 0 aliphatic carbocycles. The SMILES string of the molecule is COc1ccc(C=C2C=C(c3ccc(F)cc3)OC2=O)cc1. The van der Waals surface area contributed by atoms with Crippen molar-refractivity contribution in [2.24, 2.45) is 0 Å². The van der Waals surface area contributed by atoms with Crippen molar-refractivity contribution in [2.45, 2.75) is 0 Å². The fraction of sp³-hybridized carbons (Fsp3) is 0.0556. The molecule has 0 saturated carbocycles. The second-order valence-electron chi connectivity index (χ2n) is 4.78. The van der Waals surface area contributed by atoms with Gasteiger partial charge in [0.2, 0.25) is 0 Å². The Hall–Kier alpha value is -2.88. The summed E-state index contributed by atoms with van der Waals surface area (Å²) in [5.41, 5.74) is 1.97. The molecule has 0 aromatic heterocycles. The summed E-state index contributed by atoms with van der Waals surface area (Å²) in [5, 5.41) is 0. The van der Waals surface area contributed by atoms with Gasteiger partial charge in [-0.05, 0) is 54.1 Å². The maximum Gasteiger partial charge on any atom is 0.343 e. The normalized spacial score (nSPS) is 15.6. The molecule has 2 aromatic rings. The zero-order chi connectivity index (χ0) is 15.5. The van der Waals surface area contributed by atoms with E-state index >= 15 is 0 Å². The molecule has 3 nitrogen and oxygen atoms in total. The van der Waals surface area contributed by atoms with Crippen LogP contribution in [0.5, 0.6) is 5.75 Å². The predicted molar refractivity (Wildman–Crippen MR) is 81.4 cm³/mol. The minimum Gasteiger partial charge on any atom is -0.497 e. The first-order chi connectivity index (χ1) is 10.7. The molecule has 0 amide bonds. The van der Waals surface area contributed by atoms with Gasteiger partial charge in [0, 0.05) is 5.56 Å². The van der Waals surface area contributed by atoms with Gasteiger partial charge in [-0.3, -0.25) is 0 Å². The Balaban J connectivity index is 1.88. The Labute approximate surface area is 127 Å². The molecule has 0 unspecified atom stereocenters. The molecule has 0 bridgehead atoms. The topological polar surface area (TPSA) is 35.5 Å². The van der Waals surface area contributed by atoms with Gasteiger partial charge in [-0.15, -0.1) is 0 Å². The number of benzene rings is 2. The van der Waals surface area contributed by atoms with Crippen LogP contribution in [0.25, 0.3) is 11.8 Å². The summed E-state index contributed by atoms with van der Waals surface area (Å²) in [6.45, 7) is 0. The van der Waals surface area contributed by atoms with Crippen LogP contribution in [-0.2, 0) is 9.53 Å². The molecule has 0 saturated heterocycles. The van der Waals surface area contributed by atoms with E-state index < -0.39 is 5.97 Å². The summed E-state index contributed by atoms with van der Waals surface area (Å²) in [7, 11) is 1.60. The second kappa shape index (κ2) is 5.85. The molecule has 0 atom stereocenters. The Kier molecular flexibility index (Phi) is 3.74. The number of carbonyl (C=O) groups excluding carboxylic acids is 1. The van der Waals surface area contributed by atoms with Crippen LogP contribution in [0.2, 0.25) is 0 Å².